The van der Waals surface area contributed by atoms with Gasteiger partial charge in [-0.1, -0.05) is 41.4 Å². The molecule has 1 N–H and O–H groups in total. The molecule has 2 aromatic rings. The number of ether oxygens (including phenoxy) is 1. The van der Waals surface area contributed by atoms with Gasteiger partial charge in [-0.2, -0.15) is 0 Å². The molecule has 0 heterocycles. The van der Waals surface area contributed by atoms with Crippen molar-refractivity contribution in [3.63, 3.8) is 0 Å². The van der Waals surface area contributed by atoms with E-state index in [9.17, 15) is 4.39 Å². The molecule has 19 heavy (non-hydrogen) atoms. The van der Waals surface area contributed by atoms with Crippen molar-refractivity contribution in [3.05, 3.63) is 57.8 Å². The van der Waals surface area contributed by atoms with Gasteiger partial charge in [-0.3, -0.25) is 0 Å². The van der Waals surface area contributed by atoms with E-state index in [-0.39, 0.29) is 18.1 Å². The first kappa shape index (κ1) is 14.0. The Bertz CT molecular complexity index is 569. The summed E-state index contributed by atoms with van der Waals surface area (Å²) in [4.78, 5) is 0. The molecule has 2 rings (SSSR count). The van der Waals surface area contributed by atoms with Crippen LogP contribution in [-0.2, 0) is 6.54 Å². The summed E-state index contributed by atoms with van der Waals surface area (Å²) in [6, 6.07) is 10.2. The molecule has 0 saturated heterocycles. The quantitative estimate of drug-likeness (QED) is 0.879. The molecule has 0 unspecified atom stereocenters. The Hall–Kier alpha value is -1.45. The van der Waals surface area contributed by atoms with Crippen molar-refractivity contribution >= 4 is 28.9 Å². The Kier molecular flexibility index (Phi) is 4.51. The summed E-state index contributed by atoms with van der Waals surface area (Å²) in [5.74, 6) is -0.176. The zero-order valence-electron chi connectivity index (χ0n) is 10.2. The lowest BCUT2D eigenvalue weighted by Gasteiger charge is -2.12. The fourth-order valence-electron chi connectivity index (χ4n) is 1.70. The Morgan fingerprint density at radius 1 is 1.11 bits per heavy atom. The lowest BCUT2D eigenvalue weighted by molar-refractivity contribution is 0.384. The molecule has 0 spiro atoms. The highest BCUT2D eigenvalue weighted by molar-refractivity contribution is 6.39. The number of hydrogen-bond donors (Lipinski definition) is 1. The molecule has 0 fully saturated rings. The lowest BCUT2D eigenvalue weighted by atomic mass is 10.2. The second kappa shape index (κ2) is 6.13. The van der Waals surface area contributed by atoms with Crippen LogP contribution in [0.4, 0.5) is 10.1 Å². The van der Waals surface area contributed by atoms with Gasteiger partial charge >= 0.3 is 0 Å². The molecule has 0 bridgehead atoms. The number of para-hydroxylation sites is 1. The second-order valence-corrected chi connectivity index (χ2v) is 4.70. The maximum Gasteiger partial charge on any atom is 0.170 e. The van der Waals surface area contributed by atoms with E-state index >= 15 is 0 Å². The summed E-state index contributed by atoms with van der Waals surface area (Å²) in [6.07, 6.45) is 0. The van der Waals surface area contributed by atoms with E-state index in [0.717, 1.165) is 0 Å². The molecule has 0 atom stereocenters. The number of halogens is 3. The Morgan fingerprint density at radius 3 is 2.37 bits per heavy atom. The zero-order chi connectivity index (χ0) is 13.8. The summed E-state index contributed by atoms with van der Waals surface area (Å²) < 4.78 is 18.9. The Labute approximate surface area is 121 Å². The van der Waals surface area contributed by atoms with Gasteiger partial charge in [-0.05, 0) is 18.2 Å². The number of hydrogen-bond acceptors (Lipinski definition) is 2. The first-order chi connectivity index (χ1) is 9.13. The first-order valence-corrected chi connectivity index (χ1v) is 6.38. The van der Waals surface area contributed by atoms with Crippen LogP contribution in [0.2, 0.25) is 10.0 Å². The molecule has 0 amide bonds. The van der Waals surface area contributed by atoms with E-state index in [0.29, 0.717) is 21.3 Å². The van der Waals surface area contributed by atoms with Crippen molar-refractivity contribution in [3.8, 4) is 5.75 Å². The molecule has 0 aromatic heterocycles. The van der Waals surface area contributed by atoms with Crippen molar-refractivity contribution < 1.29 is 9.13 Å². The van der Waals surface area contributed by atoms with Crippen LogP contribution in [0.5, 0.6) is 5.75 Å². The summed E-state index contributed by atoms with van der Waals surface area (Å²) in [5, 5.41) is 4.02. The maximum atomic E-state index is 13.9. The van der Waals surface area contributed by atoms with E-state index in [2.05, 4.69) is 5.32 Å². The predicted molar refractivity (Wildman–Crippen MR) is 76.7 cm³/mol. The van der Waals surface area contributed by atoms with E-state index in [4.69, 9.17) is 27.9 Å². The highest BCUT2D eigenvalue weighted by Crippen LogP contribution is 2.30. The zero-order valence-corrected chi connectivity index (χ0v) is 11.7. The van der Waals surface area contributed by atoms with Gasteiger partial charge in [0.2, 0.25) is 0 Å². The predicted octanol–water partition coefficient (Wildman–Crippen LogP) is 4.75. The van der Waals surface area contributed by atoms with E-state index in [1.54, 1.807) is 36.4 Å². The highest BCUT2D eigenvalue weighted by atomic mass is 35.5. The normalized spacial score (nSPS) is 10.3. The summed E-state index contributed by atoms with van der Waals surface area (Å²) in [5.41, 5.74) is 1.07. The van der Waals surface area contributed by atoms with Crippen LogP contribution in [-0.4, -0.2) is 7.11 Å². The largest absolute Gasteiger partial charge is 0.494 e. The van der Waals surface area contributed by atoms with Gasteiger partial charge in [-0.15, -0.1) is 0 Å². The van der Waals surface area contributed by atoms with Crippen LogP contribution in [0.3, 0.4) is 0 Å². The smallest absolute Gasteiger partial charge is 0.170 e. The molecule has 2 aromatic carbocycles. The molecule has 0 radical (unpaired) electrons. The average molecular weight is 300 g/mol. The van der Waals surface area contributed by atoms with Gasteiger partial charge in [-0.25, -0.2) is 4.39 Å². The van der Waals surface area contributed by atoms with Crippen LogP contribution in [0.25, 0.3) is 0 Å². The summed E-state index contributed by atoms with van der Waals surface area (Å²) in [7, 11) is 1.43. The summed E-state index contributed by atoms with van der Waals surface area (Å²) >= 11 is 12.1. The van der Waals surface area contributed by atoms with E-state index in [1.165, 1.54) is 7.11 Å². The number of anilines is 1. The van der Waals surface area contributed by atoms with Gasteiger partial charge < -0.3 is 10.1 Å². The molecule has 5 heteroatoms. The van der Waals surface area contributed by atoms with Crippen molar-refractivity contribution in [2.24, 2.45) is 0 Å². The van der Waals surface area contributed by atoms with Crippen LogP contribution in [0.1, 0.15) is 5.56 Å². The van der Waals surface area contributed by atoms with Crippen molar-refractivity contribution in [1.82, 2.24) is 0 Å². The Morgan fingerprint density at radius 2 is 1.74 bits per heavy atom. The SMILES string of the molecule is COc1cccc(CNc2c(Cl)cccc2Cl)c1F. The lowest BCUT2D eigenvalue weighted by Crippen LogP contribution is -2.04. The van der Waals surface area contributed by atoms with Crippen molar-refractivity contribution in [1.29, 1.82) is 0 Å². The third-order valence-electron chi connectivity index (χ3n) is 2.68. The monoisotopic (exact) mass is 299 g/mol. The molecule has 100 valence electrons. The van der Waals surface area contributed by atoms with Crippen LogP contribution in [0, 0.1) is 5.82 Å². The summed E-state index contributed by atoms with van der Waals surface area (Å²) in [6.45, 7) is 0.270. The first-order valence-electron chi connectivity index (χ1n) is 5.62. The number of rotatable bonds is 4. The molecule has 0 aliphatic rings. The maximum absolute atomic E-state index is 13.9. The minimum absolute atomic E-state index is 0.213. The second-order valence-electron chi connectivity index (χ2n) is 3.88. The third-order valence-corrected chi connectivity index (χ3v) is 3.31. The topological polar surface area (TPSA) is 21.3 Å². The number of methoxy groups -OCH3 is 1. The minimum atomic E-state index is -0.388. The van der Waals surface area contributed by atoms with Gasteiger partial charge in [0.25, 0.3) is 0 Å². The van der Waals surface area contributed by atoms with Gasteiger partial charge in [0.05, 0.1) is 22.8 Å². The minimum Gasteiger partial charge on any atom is -0.494 e. The van der Waals surface area contributed by atoms with Gasteiger partial charge in [0, 0.05) is 12.1 Å². The number of nitrogens with one attached hydrogen (secondary N) is 1. The molecular formula is C14H12Cl2FNO. The van der Waals surface area contributed by atoms with Gasteiger partial charge in [0.1, 0.15) is 0 Å². The van der Waals surface area contributed by atoms with Crippen LogP contribution < -0.4 is 10.1 Å². The molecule has 0 aliphatic carbocycles. The van der Waals surface area contributed by atoms with E-state index in [1.807, 2.05) is 0 Å². The van der Waals surface area contributed by atoms with Crippen LogP contribution in [0.15, 0.2) is 36.4 Å². The van der Waals surface area contributed by atoms with E-state index < -0.39 is 0 Å². The molecule has 0 aliphatic heterocycles. The third kappa shape index (κ3) is 3.11. The highest BCUT2D eigenvalue weighted by Gasteiger charge is 2.10. The van der Waals surface area contributed by atoms with Crippen molar-refractivity contribution in [2.75, 3.05) is 12.4 Å². The van der Waals surface area contributed by atoms with Crippen LogP contribution >= 0.6 is 23.2 Å². The molecular weight excluding hydrogens is 288 g/mol. The molecule has 2 nitrogen and oxygen atoms in total. The fraction of sp³-hybridized carbons (Fsp3) is 0.143. The fourth-order valence-corrected chi connectivity index (χ4v) is 2.23. The molecule has 0 saturated carbocycles. The van der Waals surface area contributed by atoms with Crippen molar-refractivity contribution in [2.45, 2.75) is 6.54 Å². The Balaban J connectivity index is 2.19. The average Bonchev–Trinajstić information content (AvgIpc) is 2.40. The number of benzene rings is 2. The standard InChI is InChI=1S/C14H12Cl2FNO/c1-19-12-7-2-4-9(13(12)17)8-18-14-10(15)5-3-6-11(14)16/h2-7,18H,8H2,1H3. The van der Waals surface area contributed by atoms with Gasteiger partial charge in [0.15, 0.2) is 11.6 Å².